The number of aromatic nitrogens is 3. The second-order valence-corrected chi connectivity index (χ2v) is 3.30. The number of rotatable bonds is 1. The summed E-state index contributed by atoms with van der Waals surface area (Å²) in [6.07, 6.45) is 1.67. The van der Waals surface area contributed by atoms with E-state index in [0.717, 1.165) is 22.6 Å². The molecule has 0 aliphatic rings. The van der Waals surface area contributed by atoms with E-state index in [1.54, 1.807) is 6.33 Å². The van der Waals surface area contributed by atoms with Gasteiger partial charge in [0.25, 0.3) is 0 Å². The number of benzene rings is 1. The lowest BCUT2D eigenvalue weighted by Crippen LogP contribution is -1.98. The van der Waals surface area contributed by atoms with Gasteiger partial charge in [-0.05, 0) is 18.6 Å². The molecule has 0 radical (unpaired) electrons. The summed E-state index contributed by atoms with van der Waals surface area (Å²) in [4.78, 5) is 0. The van der Waals surface area contributed by atoms with Crippen LogP contribution in [0.4, 0.5) is 5.69 Å². The van der Waals surface area contributed by atoms with Gasteiger partial charge in [0, 0.05) is 18.3 Å². The lowest BCUT2D eigenvalue weighted by Gasteiger charge is -2.07. The molecule has 0 fully saturated rings. The molecule has 4 heteroatoms. The molecular formula is C10H12N4. The first-order valence-electron chi connectivity index (χ1n) is 4.39. The smallest absolute Gasteiger partial charge is 0.165 e. The first kappa shape index (κ1) is 8.74. The number of hydrogen-bond donors (Lipinski definition) is 1. The van der Waals surface area contributed by atoms with Crippen molar-refractivity contribution in [1.29, 1.82) is 0 Å². The highest BCUT2D eigenvalue weighted by molar-refractivity contribution is 5.74. The average molecular weight is 188 g/mol. The Hall–Kier alpha value is -1.84. The summed E-state index contributed by atoms with van der Waals surface area (Å²) in [5, 5.41) is 7.88. The van der Waals surface area contributed by atoms with Gasteiger partial charge in [0.1, 0.15) is 6.33 Å². The molecule has 1 aromatic heterocycles. The van der Waals surface area contributed by atoms with Crippen molar-refractivity contribution in [3.8, 4) is 11.4 Å². The van der Waals surface area contributed by atoms with Crippen LogP contribution in [0.2, 0.25) is 0 Å². The Labute approximate surface area is 82.4 Å². The molecule has 4 nitrogen and oxygen atoms in total. The van der Waals surface area contributed by atoms with Crippen LogP contribution in [0.1, 0.15) is 5.56 Å². The monoisotopic (exact) mass is 188 g/mol. The number of nitrogens with two attached hydrogens (primary N) is 1. The van der Waals surface area contributed by atoms with Crippen molar-refractivity contribution < 1.29 is 0 Å². The number of nitrogen functional groups attached to an aromatic ring is 1. The maximum Gasteiger partial charge on any atom is 0.165 e. The SMILES string of the molecule is Cc1cccc(N)c1-c1nncn1C. The first-order chi connectivity index (χ1) is 6.70. The molecule has 0 aliphatic heterocycles. The van der Waals surface area contributed by atoms with Gasteiger partial charge in [0.15, 0.2) is 5.82 Å². The summed E-state index contributed by atoms with van der Waals surface area (Å²) in [5.74, 6) is 0.806. The lowest BCUT2D eigenvalue weighted by atomic mass is 10.1. The van der Waals surface area contributed by atoms with Crippen LogP contribution in [0.3, 0.4) is 0 Å². The minimum Gasteiger partial charge on any atom is -0.398 e. The zero-order valence-corrected chi connectivity index (χ0v) is 8.23. The topological polar surface area (TPSA) is 56.7 Å². The number of aryl methyl sites for hydroxylation is 2. The van der Waals surface area contributed by atoms with Crippen molar-refractivity contribution in [2.45, 2.75) is 6.92 Å². The highest BCUT2D eigenvalue weighted by Gasteiger charge is 2.10. The fourth-order valence-corrected chi connectivity index (χ4v) is 1.51. The molecule has 0 atom stereocenters. The van der Waals surface area contributed by atoms with Gasteiger partial charge in [-0.3, -0.25) is 0 Å². The van der Waals surface area contributed by atoms with E-state index in [1.807, 2.05) is 36.7 Å². The molecule has 2 N–H and O–H groups in total. The van der Waals surface area contributed by atoms with Gasteiger partial charge in [0.05, 0.1) is 0 Å². The second-order valence-electron chi connectivity index (χ2n) is 3.30. The molecule has 2 rings (SSSR count). The predicted molar refractivity (Wildman–Crippen MR) is 55.6 cm³/mol. The minimum absolute atomic E-state index is 0.737. The molecule has 0 amide bonds. The van der Waals surface area contributed by atoms with Crippen LogP contribution in [-0.2, 0) is 7.05 Å². The van der Waals surface area contributed by atoms with Crippen LogP contribution in [0, 0.1) is 6.92 Å². The van der Waals surface area contributed by atoms with E-state index in [2.05, 4.69) is 10.2 Å². The third-order valence-electron chi connectivity index (χ3n) is 2.24. The number of anilines is 1. The van der Waals surface area contributed by atoms with E-state index in [9.17, 15) is 0 Å². The van der Waals surface area contributed by atoms with E-state index in [1.165, 1.54) is 0 Å². The summed E-state index contributed by atoms with van der Waals surface area (Å²) < 4.78 is 1.86. The van der Waals surface area contributed by atoms with Gasteiger partial charge in [-0.1, -0.05) is 12.1 Å². The van der Waals surface area contributed by atoms with E-state index in [4.69, 9.17) is 5.73 Å². The summed E-state index contributed by atoms with van der Waals surface area (Å²) >= 11 is 0. The number of nitrogens with zero attached hydrogens (tertiary/aromatic N) is 3. The summed E-state index contributed by atoms with van der Waals surface area (Å²) in [5.41, 5.74) is 8.71. The van der Waals surface area contributed by atoms with E-state index in [0.29, 0.717) is 0 Å². The maximum atomic E-state index is 5.90. The van der Waals surface area contributed by atoms with Crippen LogP contribution in [0.5, 0.6) is 0 Å². The average Bonchev–Trinajstić information content (AvgIpc) is 2.52. The number of hydrogen-bond acceptors (Lipinski definition) is 3. The van der Waals surface area contributed by atoms with Crippen molar-refractivity contribution in [2.75, 3.05) is 5.73 Å². The Morgan fingerprint density at radius 1 is 1.36 bits per heavy atom. The molecule has 0 unspecified atom stereocenters. The van der Waals surface area contributed by atoms with E-state index < -0.39 is 0 Å². The highest BCUT2D eigenvalue weighted by Crippen LogP contribution is 2.26. The zero-order chi connectivity index (χ0) is 10.1. The molecule has 0 bridgehead atoms. The van der Waals surface area contributed by atoms with Crippen molar-refractivity contribution in [1.82, 2.24) is 14.8 Å². The first-order valence-corrected chi connectivity index (χ1v) is 4.39. The van der Waals surface area contributed by atoms with Gasteiger partial charge in [-0.15, -0.1) is 10.2 Å². The van der Waals surface area contributed by atoms with Crippen molar-refractivity contribution in [2.24, 2.45) is 7.05 Å². The third kappa shape index (κ3) is 1.25. The Bertz CT molecular complexity index is 439. The van der Waals surface area contributed by atoms with Crippen molar-refractivity contribution >= 4 is 5.69 Å². The van der Waals surface area contributed by atoms with E-state index >= 15 is 0 Å². The standard InChI is InChI=1S/C10H12N4/c1-7-4-3-5-8(11)9(7)10-13-12-6-14(10)2/h3-6H,11H2,1-2H3. The van der Waals surface area contributed by atoms with Crippen molar-refractivity contribution in [3.05, 3.63) is 30.1 Å². The third-order valence-corrected chi connectivity index (χ3v) is 2.24. The fraction of sp³-hybridized carbons (Fsp3) is 0.200. The largest absolute Gasteiger partial charge is 0.398 e. The molecular weight excluding hydrogens is 176 g/mol. The molecule has 72 valence electrons. The second kappa shape index (κ2) is 3.14. The molecule has 0 saturated carbocycles. The van der Waals surface area contributed by atoms with Crippen LogP contribution >= 0.6 is 0 Å². The Morgan fingerprint density at radius 2 is 2.14 bits per heavy atom. The molecule has 2 aromatic rings. The van der Waals surface area contributed by atoms with Crippen LogP contribution in [0.25, 0.3) is 11.4 Å². The van der Waals surface area contributed by atoms with Gasteiger partial charge >= 0.3 is 0 Å². The highest BCUT2D eigenvalue weighted by atomic mass is 15.2. The van der Waals surface area contributed by atoms with Crippen LogP contribution < -0.4 is 5.73 Å². The summed E-state index contributed by atoms with van der Waals surface area (Å²) in [6.45, 7) is 2.01. The molecule has 14 heavy (non-hydrogen) atoms. The molecule has 0 saturated heterocycles. The summed E-state index contributed by atoms with van der Waals surface area (Å²) in [6, 6.07) is 5.82. The van der Waals surface area contributed by atoms with Crippen LogP contribution in [-0.4, -0.2) is 14.8 Å². The molecule has 0 aliphatic carbocycles. The predicted octanol–water partition coefficient (Wildman–Crippen LogP) is 1.37. The fourth-order valence-electron chi connectivity index (χ4n) is 1.51. The molecule has 1 heterocycles. The Kier molecular flexibility index (Phi) is 1.96. The summed E-state index contributed by atoms with van der Waals surface area (Å²) in [7, 11) is 1.90. The van der Waals surface area contributed by atoms with Crippen LogP contribution in [0.15, 0.2) is 24.5 Å². The van der Waals surface area contributed by atoms with Gasteiger partial charge in [-0.25, -0.2) is 0 Å². The molecule has 1 aromatic carbocycles. The lowest BCUT2D eigenvalue weighted by molar-refractivity contribution is 0.919. The molecule has 0 spiro atoms. The van der Waals surface area contributed by atoms with Gasteiger partial charge in [0.2, 0.25) is 0 Å². The van der Waals surface area contributed by atoms with Gasteiger partial charge in [-0.2, -0.15) is 0 Å². The quantitative estimate of drug-likeness (QED) is 0.688. The van der Waals surface area contributed by atoms with Crippen molar-refractivity contribution in [3.63, 3.8) is 0 Å². The Morgan fingerprint density at radius 3 is 2.71 bits per heavy atom. The van der Waals surface area contributed by atoms with Gasteiger partial charge < -0.3 is 10.3 Å². The minimum atomic E-state index is 0.737. The zero-order valence-electron chi connectivity index (χ0n) is 8.23. The maximum absolute atomic E-state index is 5.90. The Balaban J connectivity index is 2.68. The normalized spacial score (nSPS) is 10.4. The van der Waals surface area contributed by atoms with E-state index in [-0.39, 0.29) is 0 Å².